The first kappa shape index (κ1) is 45.7. The summed E-state index contributed by atoms with van der Waals surface area (Å²) in [5.41, 5.74) is 9.23. The first-order valence-electron chi connectivity index (χ1n) is 19.8. The van der Waals surface area contributed by atoms with E-state index in [1.807, 2.05) is 26.0 Å². The van der Waals surface area contributed by atoms with E-state index in [1.54, 1.807) is 23.2 Å². The van der Waals surface area contributed by atoms with Gasteiger partial charge in [-0.1, -0.05) is 0 Å². The van der Waals surface area contributed by atoms with Crippen molar-refractivity contribution >= 4 is 39.8 Å². The number of likely N-dealkylation sites (tertiary alicyclic amines) is 1. The molecule has 3 aromatic heterocycles. The molecular formula is C38H58N9O12+. The third-order valence-corrected chi connectivity index (χ3v) is 11.1. The minimum atomic E-state index is -1.91. The monoisotopic (exact) mass is 832 g/mol. The van der Waals surface area contributed by atoms with Gasteiger partial charge in [0.2, 0.25) is 0 Å². The minimum Gasteiger partial charge on any atom is -0.394 e. The van der Waals surface area contributed by atoms with Crippen LogP contribution in [0.15, 0.2) is 30.5 Å². The van der Waals surface area contributed by atoms with Crippen molar-refractivity contribution in [1.82, 2.24) is 34.6 Å². The number of nitrogens with one attached hydrogen (secondary N) is 2. The average molecular weight is 833 g/mol. The van der Waals surface area contributed by atoms with Crippen LogP contribution in [0.3, 0.4) is 0 Å². The summed E-state index contributed by atoms with van der Waals surface area (Å²) in [5, 5.41) is 104. The fourth-order valence-electron chi connectivity index (χ4n) is 7.73. The molecule has 0 bridgehead atoms. The fraction of sp³-hybridized carbons (Fsp3) is 0.605. The first-order valence-corrected chi connectivity index (χ1v) is 19.8. The number of aryl methyl sites for hydroxylation is 2. The van der Waals surface area contributed by atoms with E-state index in [9.17, 15) is 60.7 Å². The van der Waals surface area contributed by atoms with E-state index in [-0.39, 0.29) is 37.1 Å². The van der Waals surface area contributed by atoms with E-state index in [4.69, 9.17) is 5.73 Å². The average Bonchev–Trinajstić information content (AvgIpc) is 3.84. The van der Waals surface area contributed by atoms with Gasteiger partial charge in [0, 0.05) is 56.6 Å². The van der Waals surface area contributed by atoms with Gasteiger partial charge in [0.05, 0.1) is 44.9 Å². The Morgan fingerprint density at radius 1 is 0.898 bits per heavy atom. The Bertz CT molecular complexity index is 1990. The van der Waals surface area contributed by atoms with Crippen LogP contribution in [0.25, 0.3) is 22.2 Å². The summed E-state index contributed by atoms with van der Waals surface area (Å²) in [5.74, 6) is 0.270. The van der Waals surface area contributed by atoms with Gasteiger partial charge >= 0.3 is 0 Å². The molecule has 0 radical (unpaired) electrons. The second-order valence-corrected chi connectivity index (χ2v) is 14.9. The van der Waals surface area contributed by atoms with Gasteiger partial charge in [-0.2, -0.15) is 0 Å². The van der Waals surface area contributed by atoms with Crippen LogP contribution in [0.1, 0.15) is 53.4 Å². The van der Waals surface area contributed by atoms with Crippen molar-refractivity contribution in [2.45, 2.75) is 101 Å². The molecule has 59 heavy (non-hydrogen) atoms. The summed E-state index contributed by atoms with van der Waals surface area (Å²) in [4.78, 5) is 41.6. The quantitative estimate of drug-likeness (QED) is 0.0374. The van der Waals surface area contributed by atoms with Gasteiger partial charge < -0.3 is 72.0 Å². The SMILES string of the molecule is CCn1c(CCNC(=O)c2nc3cc[nH]c3nc2N)[n+](CC)c2ccc(C(=O)N3CCC(N(CC(O)C(O)C(O)C(O)CO)CC(O)C(O)C(O)C(O)CO)CC3)cc21. The number of aromatic nitrogens is 5. The summed E-state index contributed by atoms with van der Waals surface area (Å²) < 4.78 is 4.22. The van der Waals surface area contributed by atoms with Gasteiger partial charge in [-0.15, -0.1) is 0 Å². The highest BCUT2D eigenvalue weighted by atomic mass is 16.4. The summed E-state index contributed by atoms with van der Waals surface area (Å²) >= 11 is 0. The van der Waals surface area contributed by atoms with Crippen LogP contribution in [-0.4, -0.2) is 193 Å². The highest BCUT2D eigenvalue weighted by Gasteiger charge is 2.38. The molecule has 1 fully saturated rings. The number of rotatable bonds is 20. The maximum absolute atomic E-state index is 14.0. The lowest BCUT2D eigenvalue weighted by atomic mass is 9.97. The molecule has 8 unspecified atom stereocenters. The third-order valence-electron chi connectivity index (χ3n) is 11.1. The van der Waals surface area contributed by atoms with Crippen LogP contribution in [-0.2, 0) is 19.5 Å². The number of H-pyrrole nitrogens is 1. The fourth-order valence-corrected chi connectivity index (χ4v) is 7.73. The Hall–Kier alpha value is -4.39. The first-order chi connectivity index (χ1) is 28.1. The molecule has 2 amide bonds. The number of carbonyl (C=O) groups excluding carboxylic acids is 2. The summed E-state index contributed by atoms with van der Waals surface area (Å²) in [6.07, 6.45) is -11.8. The summed E-state index contributed by atoms with van der Waals surface area (Å²) in [6, 6.07) is 6.74. The van der Waals surface area contributed by atoms with Crippen LogP contribution < -0.4 is 15.6 Å². The Labute approximate surface area is 339 Å². The number of aromatic amines is 1. The number of aliphatic hydroxyl groups is 10. The summed E-state index contributed by atoms with van der Waals surface area (Å²) in [6.45, 7) is 3.44. The number of hydrogen-bond donors (Lipinski definition) is 13. The number of anilines is 1. The topological polar surface area (TPSA) is 331 Å². The van der Waals surface area contributed by atoms with Gasteiger partial charge in [0.1, 0.15) is 42.1 Å². The lowest BCUT2D eigenvalue weighted by molar-refractivity contribution is -0.676. The molecule has 326 valence electrons. The highest BCUT2D eigenvalue weighted by Crippen LogP contribution is 2.24. The molecule has 21 nitrogen and oxygen atoms in total. The molecule has 14 N–H and O–H groups in total. The third kappa shape index (κ3) is 10.2. The number of benzene rings is 1. The highest BCUT2D eigenvalue weighted by molar-refractivity contribution is 5.98. The van der Waals surface area contributed by atoms with E-state index >= 15 is 0 Å². The molecule has 1 aliphatic rings. The molecule has 1 aliphatic heterocycles. The number of nitrogens with two attached hydrogens (primary N) is 1. The molecule has 0 spiro atoms. The van der Waals surface area contributed by atoms with Gasteiger partial charge in [-0.3, -0.25) is 14.5 Å². The molecule has 1 aromatic carbocycles. The molecule has 0 saturated carbocycles. The zero-order valence-corrected chi connectivity index (χ0v) is 33.1. The van der Waals surface area contributed by atoms with E-state index in [0.717, 1.165) is 16.9 Å². The minimum absolute atomic E-state index is 0.0138. The van der Waals surface area contributed by atoms with E-state index in [2.05, 4.69) is 29.4 Å². The van der Waals surface area contributed by atoms with Crippen molar-refractivity contribution in [1.29, 1.82) is 0 Å². The number of hydrogen-bond acceptors (Lipinski definition) is 16. The van der Waals surface area contributed by atoms with Crippen LogP contribution in [0.5, 0.6) is 0 Å². The van der Waals surface area contributed by atoms with Crippen molar-refractivity contribution in [3.63, 3.8) is 0 Å². The van der Waals surface area contributed by atoms with Crippen molar-refractivity contribution in [2.24, 2.45) is 0 Å². The second kappa shape index (κ2) is 20.2. The normalized spacial score (nSPS) is 18.2. The number of piperidine rings is 1. The van der Waals surface area contributed by atoms with Gasteiger partial charge in [-0.05, 0) is 44.9 Å². The molecule has 4 heterocycles. The van der Waals surface area contributed by atoms with E-state index in [0.29, 0.717) is 49.1 Å². The molecule has 1 saturated heterocycles. The summed E-state index contributed by atoms with van der Waals surface area (Å²) in [7, 11) is 0. The number of imidazole rings is 1. The van der Waals surface area contributed by atoms with Crippen molar-refractivity contribution in [3.8, 4) is 0 Å². The molecule has 0 aliphatic carbocycles. The standard InChI is InChI=1S/C38H57N9O12/c1-3-46-23-6-5-20(15-24(23)47(4-2)29(46)8-12-41-37(58)30-35(39)43-36-22(42-30)7-11-40-36)38(59)44-13-9-21(10-14-44)45(16-25(50)31(54)33(56)27(52)18-48)17-26(51)32(55)34(57)28(53)19-49/h5-7,11,15,21,25-28,31-34,48-57H,3-4,8-10,12-14,16-19H2,1-2H3,(H3-,39,40,41,42,43,58)/p+1. The zero-order chi connectivity index (χ0) is 43.1. The predicted molar refractivity (Wildman–Crippen MR) is 211 cm³/mol. The molecular weight excluding hydrogens is 774 g/mol. The number of fused-ring (bicyclic) bond motifs is 2. The van der Waals surface area contributed by atoms with E-state index in [1.165, 1.54) is 4.90 Å². The lowest BCUT2D eigenvalue weighted by Crippen LogP contribution is -2.56. The Balaban J connectivity index is 1.28. The Kier molecular flexibility index (Phi) is 15.7. The Morgan fingerprint density at radius 3 is 2.05 bits per heavy atom. The van der Waals surface area contributed by atoms with Gasteiger partial charge in [0.25, 0.3) is 17.6 Å². The van der Waals surface area contributed by atoms with Gasteiger partial charge in [0.15, 0.2) is 28.2 Å². The zero-order valence-electron chi connectivity index (χ0n) is 33.1. The van der Waals surface area contributed by atoms with Crippen LogP contribution in [0.4, 0.5) is 5.82 Å². The van der Waals surface area contributed by atoms with E-state index < -0.39 is 87.1 Å². The number of nitrogen functional groups attached to an aromatic ring is 1. The predicted octanol–water partition coefficient (Wildman–Crippen LogP) is -4.43. The van der Waals surface area contributed by atoms with Crippen LogP contribution >= 0.6 is 0 Å². The molecule has 8 atom stereocenters. The molecule has 5 rings (SSSR count). The maximum atomic E-state index is 14.0. The van der Waals surface area contributed by atoms with Crippen molar-refractivity contribution < 1.29 is 65.2 Å². The second-order valence-electron chi connectivity index (χ2n) is 14.9. The lowest BCUT2D eigenvalue weighted by Gasteiger charge is -2.41. The smallest absolute Gasteiger partial charge is 0.273 e. The number of nitrogens with zero attached hydrogens (tertiary/aromatic N) is 6. The number of aliphatic hydroxyl groups excluding tert-OH is 10. The largest absolute Gasteiger partial charge is 0.394 e. The van der Waals surface area contributed by atoms with Gasteiger partial charge in [-0.25, -0.2) is 19.1 Å². The van der Waals surface area contributed by atoms with Crippen LogP contribution in [0.2, 0.25) is 0 Å². The van der Waals surface area contributed by atoms with Crippen LogP contribution in [0, 0.1) is 0 Å². The van der Waals surface area contributed by atoms with Crippen molar-refractivity contribution in [3.05, 3.63) is 47.5 Å². The number of amides is 2. The molecule has 4 aromatic rings. The van der Waals surface area contributed by atoms with Crippen molar-refractivity contribution in [2.75, 3.05) is 51.7 Å². The Morgan fingerprint density at radius 2 is 1.49 bits per heavy atom. The number of carbonyl (C=O) groups is 2. The molecule has 21 heteroatoms. The maximum Gasteiger partial charge on any atom is 0.273 e.